The van der Waals surface area contributed by atoms with E-state index in [-0.39, 0.29) is 10.8 Å². The third-order valence-corrected chi connectivity index (χ3v) is 3.03. The third-order valence-electron chi connectivity index (χ3n) is 2.09. The van der Waals surface area contributed by atoms with Gasteiger partial charge in [0.2, 0.25) is 0 Å². The number of benzene rings is 1. The van der Waals surface area contributed by atoms with E-state index in [1.807, 2.05) is 0 Å². The van der Waals surface area contributed by atoms with E-state index in [2.05, 4.69) is 11.6 Å². The zero-order chi connectivity index (χ0) is 12.0. The average molecular weight is 258 g/mol. The van der Waals surface area contributed by atoms with Gasteiger partial charge in [-0.05, 0) is 36.6 Å². The van der Waals surface area contributed by atoms with Gasteiger partial charge in [0.15, 0.2) is 0 Å². The van der Waals surface area contributed by atoms with E-state index in [1.54, 1.807) is 23.9 Å². The van der Waals surface area contributed by atoms with E-state index in [4.69, 9.17) is 18.0 Å². The molecule has 0 spiro atoms. The summed E-state index contributed by atoms with van der Waals surface area (Å²) in [7, 11) is 0. The minimum atomic E-state index is -0.311. The molecule has 0 aliphatic carbocycles. The number of rotatable bonds is 6. The summed E-state index contributed by atoms with van der Waals surface area (Å²) in [6.07, 6.45) is 3.06. The van der Waals surface area contributed by atoms with Gasteiger partial charge in [-0.3, -0.25) is 0 Å². The van der Waals surface area contributed by atoms with Crippen LogP contribution in [0.15, 0.2) is 18.2 Å². The smallest absolute Gasteiger partial charge is 0.146 e. The molecule has 0 atom stereocenters. The topological polar surface area (TPSA) is 38.0 Å². The molecule has 16 heavy (non-hydrogen) atoms. The summed E-state index contributed by atoms with van der Waals surface area (Å²) in [4.78, 5) is 0.216. The van der Waals surface area contributed by atoms with Crippen molar-refractivity contribution in [2.75, 3.05) is 23.9 Å². The minimum absolute atomic E-state index is 0.216. The Morgan fingerprint density at radius 1 is 1.56 bits per heavy atom. The molecule has 0 aliphatic heterocycles. The van der Waals surface area contributed by atoms with Crippen molar-refractivity contribution in [3.05, 3.63) is 29.6 Å². The highest BCUT2D eigenvalue weighted by atomic mass is 32.2. The van der Waals surface area contributed by atoms with Gasteiger partial charge < -0.3 is 11.1 Å². The molecule has 0 saturated carbocycles. The summed E-state index contributed by atoms with van der Waals surface area (Å²) < 4.78 is 13.5. The van der Waals surface area contributed by atoms with Crippen molar-refractivity contribution in [1.29, 1.82) is 0 Å². The Bertz CT molecular complexity index is 369. The van der Waals surface area contributed by atoms with Crippen molar-refractivity contribution in [3.63, 3.8) is 0 Å². The first-order chi connectivity index (χ1) is 7.65. The Morgan fingerprint density at radius 3 is 2.88 bits per heavy atom. The zero-order valence-electron chi connectivity index (χ0n) is 9.13. The predicted molar refractivity (Wildman–Crippen MR) is 73.8 cm³/mol. The summed E-state index contributed by atoms with van der Waals surface area (Å²) in [6.45, 7) is 0.768. The third kappa shape index (κ3) is 3.98. The average Bonchev–Trinajstić information content (AvgIpc) is 2.26. The van der Waals surface area contributed by atoms with E-state index in [0.29, 0.717) is 11.3 Å². The van der Waals surface area contributed by atoms with Gasteiger partial charge in [0.1, 0.15) is 10.8 Å². The second kappa shape index (κ2) is 6.70. The van der Waals surface area contributed by atoms with Gasteiger partial charge in [0.05, 0.1) is 5.69 Å². The summed E-state index contributed by atoms with van der Waals surface area (Å²) in [5, 5.41) is 3.04. The van der Waals surface area contributed by atoms with Gasteiger partial charge >= 0.3 is 0 Å². The van der Waals surface area contributed by atoms with Crippen molar-refractivity contribution in [3.8, 4) is 0 Å². The van der Waals surface area contributed by atoms with Crippen molar-refractivity contribution < 1.29 is 4.39 Å². The number of halogens is 1. The summed E-state index contributed by atoms with van der Waals surface area (Å²) in [5.74, 6) is 0.758. The highest BCUT2D eigenvalue weighted by Gasteiger charge is 2.04. The van der Waals surface area contributed by atoms with Gasteiger partial charge in [-0.1, -0.05) is 12.2 Å². The van der Waals surface area contributed by atoms with Crippen LogP contribution < -0.4 is 11.1 Å². The molecule has 0 bridgehead atoms. The summed E-state index contributed by atoms with van der Waals surface area (Å²) in [5.41, 5.74) is 6.47. The number of hydrogen-bond acceptors (Lipinski definition) is 3. The summed E-state index contributed by atoms with van der Waals surface area (Å²) in [6, 6.07) is 4.75. The molecule has 0 amide bonds. The standard InChI is InChI=1S/C11H15FN2S2/c1-16-6-2-5-14-10-4-3-8(11(13)15)7-9(10)12/h3-4,7,14H,2,5-6H2,1H3,(H2,13,15). The van der Waals surface area contributed by atoms with E-state index < -0.39 is 0 Å². The van der Waals surface area contributed by atoms with E-state index >= 15 is 0 Å². The number of anilines is 1. The Balaban J connectivity index is 2.57. The van der Waals surface area contributed by atoms with E-state index in [0.717, 1.165) is 18.7 Å². The van der Waals surface area contributed by atoms with Crippen LogP contribution in [0.4, 0.5) is 10.1 Å². The molecule has 1 aromatic carbocycles. The molecule has 0 heterocycles. The van der Waals surface area contributed by atoms with Gasteiger partial charge in [0, 0.05) is 12.1 Å². The molecule has 2 nitrogen and oxygen atoms in total. The molecular formula is C11H15FN2S2. The molecule has 0 fully saturated rings. The van der Waals surface area contributed by atoms with Crippen LogP contribution in [0.25, 0.3) is 0 Å². The predicted octanol–water partition coefficient (Wildman–Crippen LogP) is 2.62. The number of nitrogens with one attached hydrogen (secondary N) is 1. The minimum Gasteiger partial charge on any atom is -0.389 e. The first-order valence-corrected chi connectivity index (χ1v) is 6.77. The lowest BCUT2D eigenvalue weighted by atomic mass is 10.2. The van der Waals surface area contributed by atoms with Crippen LogP contribution in [-0.4, -0.2) is 23.5 Å². The molecule has 0 aliphatic rings. The molecular weight excluding hydrogens is 243 g/mol. The second-order valence-corrected chi connectivity index (χ2v) is 4.76. The Morgan fingerprint density at radius 2 is 2.31 bits per heavy atom. The van der Waals surface area contributed by atoms with Crippen molar-refractivity contribution >= 4 is 34.7 Å². The molecule has 1 aromatic rings. The van der Waals surface area contributed by atoms with Crippen LogP contribution >= 0.6 is 24.0 Å². The van der Waals surface area contributed by atoms with Crippen LogP contribution in [0.2, 0.25) is 0 Å². The Kier molecular flexibility index (Phi) is 5.55. The van der Waals surface area contributed by atoms with Crippen LogP contribution in [-0.2, 0) is 0 Å². The first kappa shape index (κ1) is 13.3. The van der Waals surface area contributed by atoms with Crippen molar-refractivity contribution in [2.24, 2.45) is 5.73 Å². The van der Waals surface area contributed by atoms with Gasteiger partial charge in [-0.2, -0.15) is 11.8 Å². The van der Waals surface area contributed by atoms with Crippen LogP contribution in [0.5, 0.6) is 0 Å². The monoisotopic (exact) mass is 258 g/mol. The molecule has 0 radical (unpaired) electrons. The van der Waals surface area contributed by atoms with Crippen LogP contribution in [0.1, 0.15) is 12.0 Å². The van der Waals surface area contributed by atoms with Crippen molar-refractivity contribution in [2.45, 2.75) is 6.42 Å². The Labute approximate surface area is 105 Å². The number of thioether (sulfide) groups is 1. The number of thiocarbonyl (C=S) groups is 1. The maximum atomic E-state index is 13.5. The normalized spacial score (nSPS) is 10.1. The first-order valence-electron chi connectivity index (χ1n) is 4.97. The molecule has 88 valence electrons. The highest BCUT2D eigenvalue weighted by molar-refractivity contribution is 7.98. The molecule has 0 unspecified atom stereocenters. The fraction of sp³-hybridized carbons (Fsp3) is 0.364. The van der Waals surface area contributed by atoms with Gasteiger partial charge in [-0.15, -0.1) is 0 Å². The second-order valence-electron chi connectivity index (χ2n) is 3.33. The highest BCUT2D eigenvalue weighted by Crippen LogP contribution is 2.15. The van der Waals surface area contributed by atoms with Crippen LogP contribution in [0.3, 0.4) is 0 Å². The molecule has 3 N–H and O–H groups in total. The Hall–Kier alpha value is -0.810. The maximum Gasteiger partial charge on any atom is 0.146 e. The fourth-order valence-electron chi connectivity index (χ4n) is 1.25. The van der Waals surface area contributed by atoms with E-state index in [1.165, 1.54) is 6.07 Å². The largest absolute Gasteiger partial charge is 0.389 e. The van der Waals surface area contributed by atoms with Gasteiger partial charge in [0.25, 0.3) is 0 Å². The molecule has 5 heteroatoms. The van der Waals surface area contributed by atoms with Crippen molar-refractivity contribution in [1.82, 2.24) is 0 Å². The zero-order valence-corrected chi connectivity index (χ0v) is 10.8. The quantitative estimate of drug-likeness (QED) is 0.607. The lowest BCUT2D eigenvalue weighted by Gasteiger charge is -2.08. The lowest BCUT2D eigenvalue weighted by Crippen LogP contribution is -2.10. The number of nitrogens with two attached hydrogens (primary N) is 1. The van der Waals surface area contributed by atoms with Crippen LogP contribution in [0, 0.1) is 5.82 Å². The number of hydrogen-bond donors (Lipinski definition) is 2. The maximum absolute atomic E-state index is 13.5. The van der Waals surface area contributed by atoms with Gasteiger partial charge in [-0.25, -0.2) is 4.39 Å². The van der Waals surface area contributed by atoms with E-state index in [9.17, 15) is 4.39 Å². The SMILES string of the molecule is CSCCCNc1ccc(C(N)=S)cc1F. The molecule has 0 saturated heterocycles. The summed E-state index contributed by atoms with van der Waals surface area (Å²) >= 11 is 6.55. The lowest BCUT2D eigenvalue weighted by molar-refractivity contribution is 0.629. The molecule has 1 rings (SSSR count). The molecule has 0 aromatic heterocycles. The fourth-order valence-corrected chi connectivity index (χ4v) is 1.81.